The second kappa shape index (κ2) is 2.70. The highest BCUT2D eigenvalue weighted by atomic mass is 14.6. The molecular weight excluding hydrogens is 180 g/mol. The fourth-order valence-electron chi connectivity index (χ4n) is 4.80. The summed E-state index contributed by atoms with van der Waals surface area (Å²) in [7, 11) is 0. The standard InChI is InChI=1S/C15H24/c1-10-12-5-11-6-13(10)9-15(7-11,8-12)14(2,3)4/h11-13H,1,5-9H2,2-4H3/t11?,12-,13+,15?. The zero-order valence-electron chi connectivity index (χ0n) is 10.5. The molecule has 4 fully saturated rings. The lowest BCUT2D eigenvalue weighted by Crippen LogP contribution is -2.52. The normalized spacial score (nSPS) is 48.7. The fourth-order valence-corrected chi connectivity index (χ4v) is 4.80. The second-order valence-electron chi connectivity index (χ2n) is 7.45. The molecule has 4 aliphatic rings. The Hall–Kier alpha value is -0.260. The van der Waals surface area contributed by atoms with Gasteiger partial charge >= 0.3 is 0 Å². The smallest absolute Gasteiger partial charge is 0.0195 e. The third-order valence-electron chi connectivity index (χ3n) is 5.83. The van der Waals surface area contributed by atoms with Crippen molar-refractivity contribution in [3.63, 3.8) is 0 Å². The molecule has 4 atom stereocenters. The molecular formula is C15H24. The summed E-state index contributed by atoms with van der Waals surface area (Å²) < 4.78 is 0. The maximum Gasteiger partial charge on any atom is -0.0195 e. The van der Waals surface area contributed by atoms with Gasteiger partial charge < -0.3 is 0 Å². The van der Waals surface area contributed by atoms with E-state index in [1.165, 1.54) is 32.1 Å². The molecule has 15 heavy (non-hydrogen) atoms. The van der Waals surface area contributed by atoms with E-state index < -0.39 is 0 Å². The van der Waals surface area contributed by atoms with Crippen LogP contribution in [0.2, 0.25) is 0 Å². The molecule has 0 nitrogen and oxygen atoms in total. The number of hydrogen-bond acceptors (Lipinski definition) is 0. The minimum Gasteiger partial charge on any atom is -0.0993 e. The molecule has 4 rings (SSSR count). The topological polar surface area (TPSA) is 0 Å². The molecule has 0 amide bonds. The van der Waals surface area contributed by atoms with Crippen LogP contribution in [0.1, 0.15) is 52.9 Å². The van der Waals surface area contributed by atoms with Crippen LogP contribution in [0.25, 0.3) is 0 Å². The van der Waals surface area contributed by atoms with E-state index in [0.717, 1.165) is 17.8 Å². The molecule has 0 spiro atoms. The second-order valence-corrected chi connectivity index (χ2v) is 7.45. The van der Waals surface area contributed by atoms with Gasteiger partial charge in [-0.1, -0.05) is 32.9 Å². The molecule has 2 unspecified atom stereocenters. The van der Waals surface area contributed by atoms with Crippen LogP contribution < -0.4 is 0 Å². The van der Waals surface area contributed by atoms with Gasteiger partial charge in [0.25, 0.3) is 0 Å². The first-order chi connectivity index (χ1) is 6.91. The Morgan fingerprint density at radius 1 is 1.07 bits per heavy atom. The highest BCUT2D eigenvalue weighted by Gasteiger charge is 2.56. The molecule has 0 heterocycles. The lowest BCUT2D eigenvalue weighted by molar-refractivity contribution is -0.0851. The molecule has 0 aromatic rings. The molecule has 4 saturated carbocycles. The Bertz CT molecular complexity index is 286. The van der Waals surface area contributed by atoms with E-state index in [2.05, 4.69) is 27.4 Å². The van der Waals surface area contributed by atoms with Gasteiger partial charge in [0, 0.05) is 0 Å². The van der Waals surface area contributed by atoms with Gasteiger partial charge in [-0.05, 0) is 60.7 Å². The first-order valence-corrected chi connectivity index (χ1v) is 6.60. The van der Waals surface area contributed by atoms with Crippen LogP contribution in [-0.4, -0.2) is 0 Å². The number of allylic oxidation sites excluding steroid dienone is 1. The summed E-state index contributed by atoms with van der Waals surface area (Å²) in [6.07, 6.45) is 7.34. The lowest BCUT2D eigenvalue weighted by Gasteiger charge is -2.62. The summed E-state index contributed by atoms with van der Waals surface area (Å²) >= 11 is 0. The first-order valence-electron chi connectivity index (χ1n) is 6.60. The SMILES string of the molecule is C=C1[C@@H]2CC3C[C@H]1CC(C(C)(C)C)(C3)C2. The zero-order chi connectivity index (χ0) is 10.8. The third kappa shape index (κ3) is 1.20. The molecule has 4 bridgehead atoms. The Morgan fingerprint density at radius 3 is 2.07 bits per heavy atom. The molecule has 84 valence electrons. The molecule has 0 aromatic carbocycles. The van der Waals surface area contributed by atoms with Crippen LogP contribution >= 0.6 is 0 Å². The summed E-state index contributed by atoms with van der Waals surface area (Å²) in [5, 5.41) is 0. The van der Waals surface area contributed by atoms with Crippen molar-refractivity contribution in [2.75, 3.05) is 0 Å². The van der Waals surface area contributed by atoms with E-state index >= 15 is 0 Å². The molecule has 0 radical (unpaired) electrons. The van der Waals surface area contributed by atoms with Crippen molar-refractivity contribution in [2.24, 2.45) is 28.6 Å². The van der Waals surface area contributed by atoms with Crippen molar-refractivity contribution in [3.8, 4) is 0 Å². The zero-order valence-corrected chi connectivity index (χ0v) is 10.5. The predicted octanol–water partition coefficient (Wildman–Crippen LogP) is 4.42. The minimum absolute atomic E-state index is 0.503. The van der Waals surface area contributed by atoms with Crippen LogP contribution in [-0.2, 0) is 0 Å². The van der Waals surface area contributed by atoms with Crippen molar-refractivity contribution in [2.45, 2.75) is 52.9 Å². The highest BCUT2D eigenvalue weighted by molar-refractivity contribution is 5.21. The predicted molar refractivity (Wildman–Crippen MR) is 64.6 cm³/mol. The largest absolute Gasteiger partial charge is 0.0993 e. The van der Waals surface area contributed by atoms with Crippen LogP contribution in [0.3, 0.4) is 0 Å². The van der Waals surface area contributed by atoms with Crippen molar-refractivity contribution < 1.29 is 0 Å². The molecule has 0 aliphatic heterocycles. The van der Waals surface area contributed by atoms with Gasteiger partial charge in [-0.15, -0.1) is 0 Å². The maximum absolute atomic E-state index is 4.37. The Kier molecular flexibility index (Phi) is 1.79. The summed E-state index contributed by atoms with van der Waals surface area (Å²) in [6, 6.07) is 0. The molecule has 0 aromatic heterocycles. The average Bonchev–Trinajstić information content (AvgIpc) is 2.10. The van der Waals surface area contributed by atoms with Gasteiger partial charge in [-0.2, -0.15) is 0 Å². The summed E-state index contributed by atoms with van der Waals surface area (Å²) in [4.78, 5) is 0. The van der Waals surface area contributed by atoms with Gasteiger partial charge in [-0.3, -0.25) is 0 Å². The van der Waals surface area contributed by atoms with Crippen molar-refractivity contribution in [1.29, 1.82) is 0 Å². The van der Waals surface area contributed by atoms with Crippen molar-refractivity contribution >= 4 is 0 Å². The Morgan fingerprint density at radius 2 is 1.60 bits per heavy atom. The molecule has 0 saturated heterocycles. The molecule has 4 aliphatic carbocycles. The highest BCUT2D eigenvalue weighted by Crippen LogP contribution is 2.66. The van der Waals surface area contributed by atoms with Crippen LogP contribution in [0.5, 0.6) is 0 Å². The van der Waals surface area contributed by atoms with Crippen LogP contribution in [0.15, 0.2) is 12.2 Å². The fraction of sp³-hybridized carbons (Fsp3) is 0.867. The summed E-state index contributed by atoms with van der Waals surface area (Å²) in [5.41, 5.74) is 2.78. The Balaban J connectivity index is 1.99. The number of hydrogen-bond donors (Lipinski definition) is 0. The Labute approximate surface area is 94.1 Å². The van der Waals surface area contributed by atoms with E-state index in [9.17, 15) is 0 Å². The van der Waals surface area contributed by atoms with Gasteiger partial charge in [-0.25, -0.2) is 0 Å². The van der Waals surface area contributed by atoms with E-state index in [1.807, 2.05) is 0 Å². The van der Waals surface area contributed by atoms with Gasteiger partial charge in [0.05, 0.1) is 0 Å². The van der Waals surface area contributed by atoms with Crippen molar-refractivity contribution in [1.82, 2.24) is 0 Å². The van der Waals surface area contributed by atoms with E-state index in [-0.39, 0.29) is 0 Å². The van der Waals surface area contributed by atoms with Gasteiger partial charge in [0.2, 0.25) is 0 Å². The van der Waals surface area contributed by atoms with Crippen LogP contribution in [0, 0.1) is 28.6 Å². The average molecular weight is 204 g/mol. The first kappa shape index (κ1) is 9.93. The van der Waals surface area contributed by atoms with Gasteiger partial charge in [0.1, 0.15) is 0 Å². The monoisotopic (exact) mass is 204 g/mol. The maximum atomic E-state index is 4.37. The lowest BCUT2D eigenvalue weighted by atomic mass is 9.42. The third-order valence-corrected chi connectivity index (χ3v) is 5.83. The summed E-state index contributed by atoms with van der Waals surface area (Å²) in [5.74, 6) is 2.80. The van der Waals surface area contributed by atoms with Gasteiger partial charge in [0.15, 0.2) is 0 Å². The van der Waals surface area contributed by atoms with E-state index in [4.69, 9.17) is 0 Å². The minimum atomic E-state index is 0.503. The quantitative estimate of drug-likeness (QED) is 0.513. The number of rotatable bonds is 0. The molecule has 0 N–H and O–H groups in total. The van der Waals surface area contributed by atoms with Crippen LogP contribution in [0.4, 0.5) is 0 Å². The van der Waals surface area contributed by atoms with Crippen molar-refractivity contribution in [3.05, 3.63) is 12.2 Å². The summed E-state index contributed by atoms with van der Waals surface area (Å²) in [6.45, 7) is 11.8. The van der Waals surface area contributed by atoms with E-state index in [0.29, 0.717) is 10.8 Å². The van der Waals surface area contributed by atoms with E-state index in [1.54, 1.807) is 5.57 Å². The molecule has 0 heteroatoms.